The maximum atomic E-state index is 12.6. The van der Waals surface area contributed by atoms with Gasteiger partial charge >= 0.3 is 0 Å². The zero-order chi connectivity index (χ0) is 19.0. The summed E-state index contributed by atoms with van der Waals surface area (Å²) in [5.41, 5.74) is 3.85. The first kappa shape index (κ1) is 18.4. The Hall–Kier alpha value is -1.92. The SMILES string of the molecule is Cc1nc(SCC(=O)N[C@@H]2CCCc3ccccc32)c2c(C)c(C)sc2n1. The van der Waals surface area contributed by atoms with E-state index in [0.717, 1.165) is 40.3 Å². The molecule has 1 aliphatic rings. The first-order valence-electron chi connectivity index (χ1n) is 9.27. The predicted octanol–water partition coefficient (Wildman–Crippen LogP) is 4.90. The zero-order valence-corrected chi connectivity index (χ0v) is 17.5. The van der Waals surface area contributed by atoms with Crippen molar-refractivity contribution < 1.29 is 4.79 Å². The molecule has 2 aromatic heterocycles. The number of carbonyl (C=O) groups excluding carboxylic acids is 1. The van der Waals surface area contributed by atoms with Gasteiger partial charge in [-0.1, -0.05) is 36.0 Å². The maximum absolute atomic E-state index is 12.6. The van der Waals surface area contributed by atoms with E-state index in [0.29, 0.717) is 5.75 Å². The fraction of sp³-hybridized carbons (Fsp3) is 0.381. The summed E-state index contributed by atoms with van der Waals surface area (Å²) >= 11 is 3.21. The predicted molar refractivity (Wildman–Crippen MR) is 113 cm³/mol. The van der Waals surface area contributed by atoms with Crippen LogP contribution in [0.2, 0.25) is 0 Å². The van der Waals surface area contributed by atoms with Crippen molar-refractivity contribution in [3.05, 3.63) is 51.7 Å². The van der Waals surface area contributed by atoms with E-state index in [9.17, 15) is 4.79 Å². The molecule has 1 aliphatic carbocycles. The minimum absolute atomic E-state index is 0.0655. The van der Waals surface area contributed by atoms with Gasteiger partial charge in [0.05, 0.1) is 11.8 Å². The lowest BCUT2D eigenvalue weighted by Crippen LogP contribution is -2.32. The Bertz CT molecular complexity index is 1010. The number of fused-ring (bicyclic) bond motifs is 2. The van der Waals surface area contributed by atoms with Crippen LogP contribution in [-0.4, -0.2) is 21.6 Å². The monoisotopic (exact) mass is 397 g/mol. The number of nitrogens with zero attached hydrogens (tertiary/aromatic N) is 2. The number of hydrogen-bond donors (Lipinski definition) is 1. The smallest absolute Gasteiger partial charge is 0.230 e. The van der Waals surface area contributed by atoms with Crippen molar-refractivity contribution in [2.45, 2.75) is 51.1 Å². The molecular weight excluding hydrogens is 374 g/mol. The lowest BCUT2D eigenvalue weighted by Gasteiger charge is -2.26. The van der Waals surface area contributed by atoms with Crippen LogP contribution in [0.3, 0.4) is 0 Å². The summed E-state index contributed by atoms with van der Waals surface area (Å²) in [5, 5.41) is 5.24. The average Bonchev–Trinajstić information content (AvgIpc) is 2.94. The Labute approximate surface area is 167 Å². The molecule has 0 saturated heterocycles. The molecule has 0 saturated carbocycles. The summed E-state index contributed by atoms with van der Waals surface area (Å²) in [5.74, 6) is 1.20. The van der Waals surface area contributed by atoms with E-state index in [1.807, 2.05) is 6.92 Å². The van der Waals surface area contributed by atoms with Gasteiger partial charge in [0.25, 0.3) is 0 Å². The fourth-order valence-corrected chi connectivity index (χ4v) is 5.77. The van der Waals surface area contributed by atoms with Gasteiger partial charge in [0.15, 0.2) is 0 Å². The lowest BCUT2D eigenvalue weighted by atomic mass is 9.88. The molecule has 27 heavy (non-hydrogen) atoms. The van der Waals surface area contributed by atoms with Crippen molar-refractivity contribution in [3.8, 4) is 0 Å². The van der Waals surface area contributed by atoms with Gasteiger partial charge in [-0.25, -0.2) is 9.97 Å². The van der Waals surface area contributed by atoms with E-state index in [2.05, 4.69) is 53.4 Å². The van der Waals surface area contributed by atoms with Crippen LogP contribution in [0, 0.1) is 20.8 Å². The van der Waals surface area contributed by atoms with Gasteiger partial charge in [-0.05, 0) is 56.7 Å². The molecule has 0 spiro atoms. The van der Waals surface area contributed by atoms with E-state index in [1.54, 1.807) is 11.3 Å². The molecule has 1 amide bonds. The van der Waals surface area contributed by atoms with Crippen LogP contribution in [0.4, 0.5) is 0 Å². The van der Waals surface area contributed by atoms with Gasteiger partial charge in [-0.2, -0.15) is 0 Å². The first-order chi connectivity index (χ1) is 13.0. The molecule has 2 heterocycles. The molecule has 0 radical (unpaired) electrons. The van der Waals surface area contributed by atoms with Crippen molar-refractivity contribution in [1.29, 1.82) is 0 Å². The summed E-state index contributed by atoms with van der Waals surface area (Å²) < 4.78 is 0. The molecule has 0 bridgehead atoms. The molecule has 3 aromatic rings. The highest BCUT2D eigenvalue weighted by molar-refractivity contribution is 8.00. The number of aromatic nitrogens is 2. The molecule has 0 aliphatic heterocycles. The first-order valence-corrected chi connectivity index (χ1v) is 11.1. The second-order valence-electron chi connectivity index (χ2n) is 7.04. The fourth-order valence-electron chi connectivity index (χ4n) is 3.69. The van der Waals surface area contributed by atoms with Crippen molar-refractivity contribution in [1.82, 2.24) is 15.3 Å². The van der Waals surface area contributed by atoms with Gasteiger partial charge in [-0.3, -0.25) is 4.79 Å². The number of rotatable bonds is 4. The van der Waals surface area contributed by atoms with Crippen molar-refractivity contribution in [2.24, 2.45) is 0 Å². The van der Waals surface area contributed by atoms with Crippen LogP contribution in [0.5, 0.6) is 0 Å². The van der Waals surface area contributed by atoms with E-state index in [-0.39, 0.29) is 11.9 Å². The molecule has 4 rings (SSSR count). The summed E-state index contributed by atoms with van der Waals surface area (Å²) in [7, 11) is 0. The standard InChI is InChI=1S/C21H23N3OS2/c1-12-13(2)27-21-19(12)20(22-14(3)23-21)26-11-18(25)24-17-10-6-8-15-7-4-5-9-16(15)17/h4-5,7,9,17H,6,8,10-11H2,1-3H3,(H,24,25)/t17-/m1/s1. The third-order valence-corrected chi connectivity index (χ3v) is 7.23. The third kappa shape index (κ3) is 3.73. The van der Waals surface area contributed by atoms with Crippen molar-refractivity contribution >= 4 is 39.2 Å². The average molecular weight is 398 g/mol. The Balaban J connectivity index is 1.49. The zero-order valence-electron chi connectivity index (χ0n) is 15.8. The number of hydrogen-bond acceptors (Lipinski definition) is 5. The number of aryl methyl sites for hydroxylation is 4. The largest absolute Gasteiger partial charge is 0.349 e. The minimum atomic E-state index is 0.0655. The van der Waals surface area contributed by atoms with Gasteiger partial charge < -0.3 is 5.32 Å². The van der Waals surface area contributed by atoms with Crippen LogP contribution in [0.25, 0.3) is 10.2 Å². The van der Waals surface area contributed by atoms with Crippen LogP contribution in [0.1, 0.15) is 46.3 Å². The normalized spacial score (nSPS) is 16.3. The van der Waals surface area contributed by atoms with Gasteiger partial charge in [0.2, 0.25) is 5.91 Å². The van der Waals surface area contributed by atoms with E-state index < -0.39 is 0 Å². The molecule has 6 heteroatoms. The minimum Gasteiger partial charge on any atom is -0.349 e. The molecule has 0 unspecified atom stereocenters. The third-order valence-electron chi connectivity index (χ3n) is 5.15. The molecule has 1 aromatic carbocycles. The van der Waals surface area contributed by atoms with E-state index in [1.165, 1.54) is 33.3 Å². The highest BCUT2D eigenvalue weighted by Gasteiger charge is 2.22. The molecular formula is C21H23N3OS2. The van der Waals surface area contributed by atoms with E-state index >= 15 is 0 Å². The molecule has 4 nitrogen and oxygen atoms in total. The van der Waals surface area contributed by atoms with Crippen LogP contribution in [-0.2, 0) is 11.2 Å². The number of carbonyl (C=O) groups is 1. The van der Waals surface area contributed by atoms with Gasteiger partial charge in [0.1, 0.15) is 15.7 Å². The number of thiophene rings is 1. The Kier molecular flexibility index (Phi) is 5.19. The quantitative estimate of drug-likeness (QED) is 0.502. The number of benzene rings is 1. The topological polar surface area (TPSA) is 54.9 Å². The summed E-state index contributed by atoms with van der Waals surface area (Å²) in [6.45, 7) is 6.13. The second-order valence-corrected chi connectivity index (χ2v) is 9.21. The van der Waals surface area contributed by atoms with Gasteiger partial charge in [0, 0.05) is 10.3 Å². The van der Waals surface area contributed by atoms with Crippen LogP contribution < -0.4 is 5.32 Å². The van der Waals surface area contributed by atoms with Crippen LogP contribution >= 0.6 is 23.1 Å². The molecule has 1 atom stereocenters. The van der Waals surface area contributed by atoms with Gasteiger partial charge in [-0.15, -0.1) is 11.3 Å². The summed E-state index contributed by atoms with van der Waals surface area (Å²) in [6.07, 6.45) is 3.23. The lowest BCUT2D eigenvalue weighted by molar-refractivity contribution is -0.119. The Morgan fingerprint density at radius 2 is 2.07 bits per heavy atom. The molecule has 140 valence electrons. The summed E-state index contributed by atoms with van der Waals surface area (Å²) in [6, 6.07) is 8.57. The second kappa shape index (κ2) is 7.60. The highest BCUT2D eigenvalue weighted by atomic mass is 32.2. The maximum Gasteiger partial charge on any atom is 0.230 e. The van der Waals surface area contributed by atoms with Crippen LogP contribution in [0.15, 0.2) is 29.3 Å². The van der Waals surface area contributed by atoms with E-state index in [4.69, 9.17) is 0 Å². The highest BCUT2D eigenvalue weighted by Crippen LogP contribution is 2.35. The van der Waals surface area contributed by atoms with Crippen molar-refractivity contribution in [3.63, 3.8) is 0 Å². The summed E-state index contributed by atoms with van der Waals surface area (Å²) in [4.78, 5) is 24.1. The van der Waals surface area contributed by atoms with Crippen molar-refractivity contribution in [2.75, 3.05) is 5.75 Å². The Morgan fingerprint density at radius 1 is 1.26 bits per heavy atom. The number of nitrogens with one attached hydrogen (secondary N) is 1. The molecule has 0 fully saturated rings. The number of amides is 1. The number of thioether (sulfide) groups is 1. The Morgan fingerprint density at radius 3 is 2.93 bits per heavy atom. The molecule has 1 N–H and O–H groups in total.